The Bertz CT molecular complexity index is 779. The van der Waals surface area contributed by atoms with Crippen molar-refractivity contribution in [3.05, 3.63) is 69.3 Å². The van der Waals surface area contributed by atoms with Crippen LogP contribution in [0.1, 0.15) is 15.9 Å². The van der Waals surface area contributed by atoms with Crippen molar-refractivity contribution in [1.82, 2.24) is 4.98 Å². The third-order valence-corrected chi connectivity index (χ3v) is 4.33. The lowest BCUT2D eigenvalue weighted by Gasteiger charge is -2.04. The Balaban J connectivity index is 2.17. The molecule has 94 valence electrons. The molecule has 0 saturated heterocycles. The van der Waals surface area contributed by atoms with Gasteiger partial charge in [0.05, 0.1) is 5.02 Å². The van der Waals surface area contributed by atoms with Gasteiger partial charge in [-0.05, 0) is 34.1 Å². The second kappa shape index (κ2) is 4.83. The highest BCUT2D eigenvalue weighted by atomic mass is 79.9. The molecular weight excluding hydrogens is 326 g/mol. The minimum absolute atomic E-state index is 0.0799. The average molecular weight is 335 g/mol. The van der Waals surface area contributed by atoms with Crippen LogP contribution in [0, 0.1) is 0 Å². The summed E-state index contributed by atoms with van der Waals surface area (Å²) in [5, 5.41) is 1.35. The van der Waals surface area contributed by atoms with E-state index in [9.17, 15) is 4.79 Å². The van der Waals surface area contributed by atoms with Crippen molar-refractivity contribution < 1.29 is 4.79 Å². The number of aromatic nitrogens is 1. The van der Waals surface area contributed by atoms with Gasteiger partial charge >= 0.3 is 0 Å². The van der Waals surface area contributed by atoms with Crippen LogP contribution in [0.3, 0.4) is 0 Å². The quantitative estimate of drug-likeness (QED) is 0.670. The van der Waals surface area contributed by atoms with Gasteiger partial charge in [-0.1, -0.05) is 35.9 Å². The number of hydrogen-bond donors (Lipinski definition) is 1. The zero-order valence-corrected chi connectivity index (χ0v) is 12.1. The van der Waals surface area contributed by atoms with Gasteiger partial charge < -0.3 is 4.98 Å². The summed E-state index contributed by atoms with van der Waals surface area (Å²) in [5.74, 6) is -0.0799. The Kier molecular flexibility index (Phi) is 3.17. The van der Waals surface area contributed by atoms with E-state index >= 15 is 0 Å². The Morgan fingerprint density at radius 3 is 2.68 bits per heavy atom. The lowest BCUT2D eigenvalue weighted by Crippen LogP contribution is -2.01. The number of benzene rings is 2. The summed E-state index contributed by atoms with van der Waals surface area (Å²) < 4.78 is 0.722. The first kappa shape index (κ1) is 12.5. The van der Waals surface area contributed by atoms with E-state index in [1.54, 1.807) is 18.3 Å². The number of hydrogen-bond acceptors (Lipinski definition) is 1. The van der Waals surface area contributed by atoms with Crippen molar-refractivity contribution >= 4 is 44.2 Å². The largest absolute Gasteiger partial charge is 0.360 e. The molecule has 0 saturated carbocycles. The molecule has 19 heavy (non-hydrogen) atoms. The Labute approximate surface area is 123 Å². The first-order chi connectivity index (χ1) is 9.18. The molecule has 2 nitrogen and oxygen atoms in total. The molecule has 0 aliphatic carbocycles. The summed E-state index contributed by atoms with van der Waals surface area (Å²) in [7, 11) is 0. The van der Waals surface area contributed by atoms with Gasteiger partial charge in [0.15, 0.2) is 5.78 Å². The van der Waals surface area contributed by atoms with Crippen LogP contribution in [0.2, 0.25) is 5.02 Å². The van der Waals surface area contributed by atoms with E-state index in [0.29, 0.717) is 16.1 Å². The molecule has 3 aromatic rings. The van der Waals surface area contributed by atoms with Crippen molar-refractivity contribution in [1.29, 1.82) is 0 Å². The fourth-order valence-corrected chi connectivity index (χ4v) is 2.66. The molecule has 3 rings (SSSR count). The van der Waals surface area contributed by atoms with Gasteiger partial charge in [-0.3, -0.25) is 4.79 Å². The molecule has 1 N–H and O–H groups in total. The van der Waals surface area contributed by atoms with Crippen LogP contribution in [0.25, 0.3) is 10.9 Å². The molecule has 0 unspecified atom stereocenters. The first-order valence-electron chi connectivity index (χ1n) is 5.73. The summed E-state index contributed by atoms with van der Waals surface area (Å²) in [6.07, 6.45) is 1.73. The second-order valence-electron chi connectivity index (χ2n) is 4.18. The molecule has 1 aromatic heterocycles. The molecular formula is C15H9BrClNO. The predicted molar refractivity (Wildman–Crippen MR) is 80.9 cm³/mol. The third kappa shape index (κ3) is 2.09. The van der Waals surface area contributed by atoms with E-state index in [1.165, 1.54) is 0 Å². The summed E-state index contributed by atoms with van der Waals surface area (Å²) in [5.41, 5.74) is 2.08. The molecule has 0 bridgehead atoms. The number of halogens is 2. The maximum absolute atomic E-state index is 12.6. The molecule has 2 aromatic carbocycles. The Hall–Kier alpha value is -1.58. The molecule has 0 atom stereocenters. The number of ketones is 1. The van der Waals surface area contributed by atoms with Crippen molar-refractivity contribution in [2.45, 2.75) is 0 Å². The molecule has 1 heterocycles. The number of fused-ring (bicyclic) bond motifs is 1. The Morgan fingerprint density at radius 1 is 1.05 bits per heavy atom. The fourth-order valence-electron chi connectivity index (χ4n) is 2.08. The van der Waals surface area contributed by atoms with Crippen molar-refractivity contribution in [2.24, 2.45) is 0 Å². The first-order valence-corrected chi connectivity index (χ1v) is 6.90. The van der Waals surface area contributed by atoms with Crippen LogP contribution in [0.4, 0.5) is 0 Å². The molecule has 0 spiro atoms. The van der Waals surface area contributed by atoms with E-state index < -0.39 is 0 Å². The molecule has 0 amide bonds. The number of para-hydroxylation sites is 1. The van der Waals surface area contributed by atoms with E-state index in [0.717, 1.165) is 15.4 Å². The maximum Gasteiger partial charge on any atom is 0.196 e. The van der Waals surface area contributed by atoms with Gasteiger partial charge in [-0.25, -0.2) is 0 Å². The summed E-state index contributed by atoms with van der Waals surface area (Å²) in [6, 6.07) is 13.1. The summed E-state index contributed by atoms with van der Waals surface area (Å²) in [4.78, 5) is 15.7. The van der Waals surface area contributed by atoms with Crippen molar-refractivity contribution in [3.8, 4) is 0 Å². The zero-order valence-electron chi connectivity index (χ0n) is 9.78. The van der Waals surface area contributed by atoms with E-state index in [1.807, 2.05) is 30.3 Å². The minimum atomic E-state index is -0.0799. The van der Waals surface area contributed by atoms with Crippen LogP contribution in [-0.4, -0.2) is 10.8 Å². The van der Waals surface area contributed by atoms with E-state index in [4.69, 9.17) is 11.6 Å². The van der Waals surface area contributed by atoms with Crippen LogP contribution < -0.4 is 0 Å². The highest BCUT2D eigenvalue weighted by Gasteiger charge is 2.17. The van der Waals surface area contributed by atoms with Gasteiger partial charge in [0.2, 0.25) is 0 Å². The standard InChI is InChI=1S/C15H9BrClNO/c16-12-6-3-5-10(14(12)17)15(19)11-8-18-13-7-2-1-4-9(11)13/h1-8,18H. The van der Waals surface area contributed by atoms with E-state index in [2.05, 4.69) is 20.9 Å². The van der Waals surface area contributed by atoms with Crippen LogP contribution >= 0.6 is 27.5 Å². The molecule has 0 fully saturated rings. The normalized spacial score (nSPS) is 10.8. The lowest BCUT2D eigenvalue weighted by molar-refractivity contribution is 0.104. The zero-order chi connectivity index (χ0) is 13.4. The van der Waals surface area contributed by atoms with Crippen LogP contribution in [0.5, 0.6) is 0 Å². The van der Waals surface area contributed by atoms with Gasteiger partial charge in [-0.15, -0.1) is 0 Å². The van der Waals surface area contributed by atoms with Gasteiger partial charge in [-0.2, -0.15) is 0 Å². The van der Waals surface area contributed by atoms with Gasteiger partial charge in [0.25, 0.3) is 0 Å². The van der Waals surface area contributed by atoms with Crippen molar-refractivity contribution in [2.75, 3.05) is 0 Å². The number of carbonyl (C=O) groups excluding carboxylic acids is 1. The fraction of sp³-hybridized carbons (Fsp3) is 0. The minimum Gasteiger partial charge on any atom is -0.360 e. The summed E-state index contributed by atoms with van der Waals surface area (Å²) >= 11 is 9.51. The number of rotatable bonds is 2. The van der Waals surface area contributed by atoms with Crippen LogP contribution in [-0.2, 0) is 0 Å². The number of H-pyrrole nitrogens is 1. The maximum atomic E-state index is 12.6. The second-order valence-corrected chi connectivity index (χ2v) is 5.41. The Morgan fingerprint density at radius 2 is 1.84 bits per heavy atom. The summed E-state index contributed by atoms with van der Waals surface area (Å²) in [6.45, 7) is 0. The number of aromatic amines is 1. The number of carbonyl (C=O) groups is 1. The van der Waals surface area contributed by atoms with Gasteiger partial charge in [0.1, 0.15) is 0 Å². The third-order valence-electron chi connectivity index (χ3n) is 3.03. The van der Waals surface area contributed by atoms with E-state index in [-0.39, 0.29) is 5.78 Å². The number of nitrogens with one attached hydrogen (secondary N) is 1. The predicted octanol–water partition coefficient (Wildman–Crippen LogP) is 4.81. The van der Waals surface area contributed by atoms with Crippen molar-refractivity contribution in [3.63, 3.8) is 0 Å². The molecule has 0 radical (unpaired) electrons. The topological polar surface area (TPSA) is 32.9 Å². The molecule has 0 aliphatic heterocycles. The molecule has 0 aliphatic rings. The molecule has 4 heteroatoms. The SMILES string of the molecule is O=C(c1cccc(Br)c1Cl)c1c[nH]c2ccccc12. The highest BCUT2D eigenvalue weighted by Crippen LogP contribution is 2.29. The average Bonchev–Trinajstić information content (AvgIpc) is 2.85. The monoisotopic (exact) mass is 333 g/mol. The smallest absolute Gasteiger partial charge is 0.196 e. The lowest BCUT2D eigenvalue weighted by atomic mass is 10.0. The van der Waals surface area contributed by atoms with Crippen LogP contribution in [0.15, 0.2) is 53.1 Å². The highest BCUT2D eigenvalue weighted by molar-refractivity contribution is 9.10. The van der Waals surface area contributed by atoms with Gasteiger partial charge in [0, 0.05) is 32.7 Å².